The Morgan fingerprint density at radius 1 is 0.786 bits per heavy atom. The largest absolute Gasteiger partial charge is 0.395 e. The number of rotatable bonds is 21. The molecule has 0 spiro atoms. The average molecular weight is 585 g/mol. The lowest BCUT2D eigenvalue weighted by Crippen LogP contribution is -2.56. The fourth-order valence-corrected chi connectivity index (χ4v) is 6.15. The van der Waals surface area contributed by atoms with Crippen LogP contribution in [0.5, 0.6) is 0 Å². The summed E-state index contributed by atoms with van der Waals surface area (Å²) in [4.78, 5) is 7.32. The van der Waals surface area contributed by atoms with Crippen LogP contribution in [0.2, 0.25) is 0 Å². The molecule has 1 aromatic carbocycles. The number of nitrogen functional groups attached to an aromatic ring is 1. The molecule has 240 valence electrons. The Kier molecular flexibility index (Phi) is 16.0. The van der Waals surface area contributed by atoms with Crippen LogP contribution in [0.4, 0.5) is 34.1 Å². The molecule has 8 nitrogen and oxygen atoms in total. The summed E-state index contributed by atoms with van der Waals surface area (Å²) >= 11 is 0. The molecular formula is C34H64N8. The van der Waals surface area contributed by atoms with E-state index in [1.165, 1.54) is 30.6 Å². The molecule has 0 amide bonds. The fraction of sp³-hybridized carbons (Fsp3) is 0.706. The van der Waals surface area contributed by atoms with Crippen LogP contribution in [0.15, 0.2) is 25.3 Å². The highest BCUT2D eigenvalue weighted by Crippen LogP contribution is 2.54. The molecular weight excluding hydrogens is 520 g/mol. The third kappa shape index (κ3) is 8.96. The minimum absolute atomic E-state index is 0.385. The minimum Gasteiger partial charge on any atom is -0.395 e. The lowest BCUT2D eigenvalue weighted by atomic mass is 9.96. The van der Waals surface area contributed by atoms with Crippen LogP contribution in [0.1, 0.15) is 92.4 Å². The van der Waals surface area contributed by atoms with Gasteiger partial charge in [-0.15, -0.1) is 13.2 Å². The van der Waals surface area contributed by atoms with Crippen LogP contribution >= 0.6 is 0 Å². The number of anilines is 6. The van der Waals surface area contributed by atoms with Crippen LogP contribution < -0.4 is 36.3 Å². The van der Waals surface area contributed by atoms with E-state index >= 15 is 0 Å². The molecule has 1 aromatic rings. The standard InChI is InChI=1S/C34H64N8/c1-10-17-26-40(27-18-11-2)34-32(42(41(24-12-3)25-13-4)37-28-22-20-19-21-23-28)29(35)31(38(8)9)30(36-14-5)33(34)39(15-6)16-7/h12-13,28,36-37H,3-4,10-11,14-27,35H2,1-2,5-9H3. The first-order valence-electron chi connectivity index (χ1n) is 16.8. The van der Waals surface area contributed by atoms with Gasteiger partial charge in [0.05, 0.1) is 28.4 Å². The summed E-state index contributed by atoms with van der Waals surface area (Å²) in [7, 11) is 4.22. The molecule has 8 heteroatoms. The maximum atomic E-state index is 7.41. The average Bonchev–Trinajstić information content (AvgIpc) is 2.98. The first-order chi connectivity index (χ1) is 20.3. The van der Waals surface area contributed by atoms with Gasteiger partial charge in [-0.2, -0.15) is 5.01 Å². The molecule has 0 bridgehead atoms. The topological polar surface area (TPSA) is 66.3 Å². The van der Waals surface area contributed by atoms with E-state index in [0.29, 0.717) is 19.1 Å². The van der Waals surface area contributed by atoms with Crippen molar-refractivity contribution < 1.29 is 0 Å². The monoisotopic (exact) mass is 585 g/mol. The third-order valence-corrected chi connectivity index (χ3v) is 8.28. The summed E-state index contributed by atoms with van der Waals surface area (Å²) < 4.78 is 0. The molecule has 0 saturated heterocycles. The molecule has 0 unspecified atom stereocenters. The maximum Gasteiger partial charge on any atom is 0.121 e. The Balaban J connectivity index is 3.11. The number of hydrogen-bond acceptors (Lipinski definition) is 8. The van der Waals surface area contributed by atoms with Crippen LogP contribution in [-0.4, -0.2) is 71.0 Å². The van der Waals surface area contributed by atoms with Gasteiger partial charge in [-0.3, -0.25) is 0 Å². The van der Waals surface area contributed by atoms with Crippen LogP contribution in [0, 0.1) is 0 Å². The van der Waals surface area contributed by atoms with Crippen molar-refractivity contribution in [3.05, 3.63) is 25.3 Å². The third-order valence-electron chi connectivity index (χ3n) is 8.28. The van der Waals surface area contributed by atoms with E-state index < -0.39 is 0 Å². The number of benzene rings is 1. The maximum absolute atomic E-state index is 7.41. The molecule has 0 aromatic heterocycles. The smallest absolute Gasteiger partial charge is 0.121 e. The van der Waals surface area contributed by atoms with Gasteiger partial charge >= 0.3 is 0 Å². The first-order valence-corrected chi connectivity index (χ1v) is 16.8. The number of nitrogens with two attached hydrogens (primary N) is 1. The molecule has 1 saturated carbocycles. The lowest BCUT2D eigenvalue weighted by molar-refractivity contribution is 0.227. The van der Waals surface area contributed by atoms with Gasteiger partial charge in [-0.1, -0.05) is 58.1 Å². The Hall–Kier alpha value is -2.58. The van der Waals surface area contributed by atoms with Crippen molar-refractivity contribution in [2.75, 3.05) is 90.8 Å². The summed E-state index contributed by atoms with van der Waals surface area (Å²) in [6, 6.07) is 0.385. The normalized spacial score (nSPS) is 13.7. The molecule has 4 N–H and O–H groups in total. The Morgan fingerprint density at radius 3 is 1.81 bits per heavy atom. The number of nitrogens with zero attached hydrogens (tertiary/aromatic N) is 5. The second-order valence-corrected chi connectivity index (χ2v) is 11.7. The molecule has 1 fully saturated rings. The van der Waals surface area contributed by atoms with Crippen molar-refractivity contribution >= 4 is 34.1 Å². The van der Waals surface area contributed by atoms with Gasteiger partial charge in [0.25, 0.3) is 0 Å². The van der Waals surface area contributed by atoms with Crippen LogP contribution in [0.25, 0.3) is 0 Å². The molecule has 42 heavy (non-hydrogen) atoms. The van der Waals surface area contributed by atoms with E-state index in [0.717, 1.165) is 94.0 Å². The predicted molar refractivity (Wildman–Crippen MR) is 189 cm³/mol. The van der Waals surface area contributed by atoms with Crippen molar-refractivity contribution in [1.82, 2.24) is 10.4 Å². The quantitative estimate of drug-likeness (QED) is 0.0793. The second-order valence-electron chi connectivity index (χ2n) is 11.7. The zero-order chi connectivity index (χ0) is 31.1. The highest BCUT2D eigenvalue weighted by Gasteiger charge is 2.34. The first kappa shape index (κ1) is 35.6. The number of hydrogen-bond donors (Lipinski definition) is 3. The van der Waals surface area contributed by atoms with E-state index in [4.69, 9.17) is 5.73 Å². The highest BCUT2D eigenvalue weighted by atomic mass is 15.8. The summed E-state index contributed by atoms with van der Waals surface area (Å²) in [5, 5.41) is 8.38. The summed E-state index contributed by atoms with van der Waals surface area (Å²) in [6.07, 6.45) is 14.7. The SMILES string of the molecule is C=CCN(CC=C)N(NC1CCCCC1)c1c(N)c(N(C)C)c(NCC)c(N(CC)CC)c1N(CCCC)CCCC. The van der Waals surface area contributed by atoms with Gasteiger partial charge in [0.1, 0.15) is 5.69 Å². The molecule has 0 atom stereocenters. The highest BCUT2D eigenvalue weighted by molar-refractivity contribution is 6.08. The lowest BCUT2D eigenvalue weighted by Gasteiger charge is -2.45. The van der Waals surface area contributed by atoms with Crippen molar-refractivity contribution in [3.8, 4) is 0 Å². The number of nitrogens with one attached hydrogen (secondary N) is 2. The zero-order valence-corrected chi connectivity index (χ0v) is 28.3. The number of unbranched alkanes of at least 4 members (excludes halogenated alkanes) is 2. The van der Waals surface area contributed by atoms with Crippen molar-refractivity contribution in [2.45, 2.75) is 98.4 Å². The van der Waals surface area contributed by atoms with Gasteiger partial charge in [-0.05, 0) is 46.5 Å². The second kappa shape index (κ2) is 18.9. The van der Waals surface area contributed by atoms with E-state index in [-0.39, 0.29) is 0 Å². The summed E-state index contributed by atoms with van der Waals surface area (Å²) in [5.74, 6) is 0. The summed E-state index contributed by atoms with van der Waals surface area (Å²) in [5.41, 5.74) is 17.9. The van der Waals surface area contributed by atoms with Gasteiger partial charge < -0.3 is 25.8 Å². The molecule has 0 aliphatic heterocycles. The molecule has 1 aliphatic carbocycles. The van der Waals surface area contributed by atoms with E-state index in [1.807, 2.05) is 12.2 Å². The Bertz CT molecular complexity index is 918. The zero-order valence-electron chi connectivity index (χ0n) is 28.3. The van der Waals surface area contributed by atoms with Crippen LogP contribution in [-0.2, 0) is 0 Å². The Labute approximate surface area is 258 Å². The summed E-state index contributed by atoms with van der Waals surface area (Å²) in [6.45, 7) is 25.5. The molecule has 0 radical (unpaired) electrons. The molecule has 0 heterocycles. The van der Waals surface area contributed by atoms with E-state index in [2.05, 4.69) is 97.4 Å². The van der Waals surface area contributed by atoms with Crippen LogP contribution in [0.3, 0.4) is 0 Å². The van der Waals surface area contributed by atoms with Crippen molar-refractivity contribution in [1.29, 1.82) is 0 Å². The van der Waals surface area contributed by atoms with Crippen molar-refractivity contribution in [2.24, 2.45) is 0 Å². The predicted octanol–water partition coefficient (Wildman–Crippen LogP) is 7.25. The van der Waals surface area contributed by atoms with E-state index in [9.17, 15) is 0 Å². The van der Waals surface area contributed by atoms with E-state index in [1.54, 1.807) is 0 Å². The Morgan fingerprint density at radius 2 is 1.36 bits per heavy atom. The van der Waals surface area contributed by atoms with Gasteiger partial charge in [0, 0.05) is 66.0 Å². The van der Waals surface area contributed by atoms with Gasteiger partial charge in [0.15, 0.2) is 0 Å². The van der Waals surface area contributed by atoms with Gasteiger partial charge in [-0.25, -0.2) is 10.5 Å². The minimum atomic E-state index is 0.385. The molecule has 2 rings (SSSR count). The van der Waals surface area contributed by atoms with Crippen molar-refractivity contribution in [3.63, 3.8) is 0 Å². The fourth-order valence-electron chi connectivity index (χ4n) is 6.15. The number of hydrazine groups is 2. The molecule has 1 aliphatic rings. The van der Waals surface area contributed by atoms with Gasteiger partial charge in [0.2, 0.25) is 0 Å².